The fourth-order valence-corrected chi connectivity index (χ4v) is 2.55. The van der Waals surface area contributed by atoms with Crippen LogP contribution in [0.5, 0.6) is 5.75 Å². The van der Waals surface area contributed by atoms with E-state index < -0.39 is 0 Å². The van der Waals surface area contributed by atoms with Crippen LogP contribution < -0.4 is 4.74 Å². The van der Waals surface area contributed by atoms with Gasteiger partial charge in [0.2, 0.25) is 0 Å². The Labute approximate surface area is 127 Å². The van der Waals surface area contributed by atoms with E-state index in [1.807, 2.05) is 49.5 Å². The Bertz CT molecular complexity index is 747. The molecule has 0 saturated carbocycles. The minimum atomic E-state index is 0.499. The number of ether oxygens (including phenoxy) is 1. The highest BCUT2D eigenvalue weighted by atomic mass is 35.5. The number of hydrogen-bond acceptors (Lipinski definition) is 1. The molecule has 0 radical (unpaired) electrons. The molecule has 0 aliphatic rings. The number of halogens is 2. The molecule has 0 amide bonds. The molecule has 1 aromatic heterocycles. The van der Waals surface area contributed by atoms with Gasteiger partial charge >= 0.3 is 0 Å². The van der Waals surface area contributed by atoms with E-state index in [0.29, 0.717) is 11.6 Å². The van der Waals surface area contributed by atoms with E-state index in [9.17, 15) is 0 Å². The molecule has 20 heavy (non-hydrogen) atoms. The van der Waals surface area contributed by atoms with Crippen LogP contribution in [0.25, 0.3) is 10.9 Å². The lowest BCUT2D eigenvalue weighted by Crippen LogP contribution is -1.94. The topological polar surface area (TPSA) is 14.2 Å². The molecule has 0 saturated heterocycles. The van der Waals surface area contributed by atoms with Crippen molar-refractivity contribution in [2.75, 3.05) is 0 Å². The Morgan fingerprint density at radius 2 is 1.70 bits per heavy atom. The van der Waals surface area contributed by atoms with Crippen molar-refractivity contribution in [3.05, 3.63) is 64.3 Å². The average molecular weight is 306 g/mol. The highest BCUT2D eigenvalue weighted by Gasteiger charge is 2.07. The van der Waals surface area contributed by atoms with Crippen molar-refractivity contribution >= 4 is 34.1 Å². The van der Waals surface area contributed by atoms with Crippen molar-refractivity contribution in [2.45, 2.75) is 6.61 Å². The van der Waals surface area contributed by atoms with E-state index in [1.54, 1.807) is 0 Å². The third-order valence-electron chi connectivity index (χ3n) is 3.24. The van der Waals surface area contributed by atoms with Gasteiger partial charge in [-0.3, -0.25) is 0 Å². The summed E-state index contributed by atoms with van der Waals surface area (Å²) in [5.74, 6) is 0.799. The zero-order valence-electron chi connectivity index (χ0n) is 10.9. The summed E-state index contributed by atoms with van der Waals surface area (Å²) in [6.45, 7) is 0.499. The predicted molar refractivity (Wildman–Crippen MR) is 83.7 cm³/mol. The van der Waals surface area contributed by atoms with Crippen LogP contribution in [0.1, 0.15) is 5.56 Å². The van der Waals surface area contributed by atoms with Gasteiger partial charge in [0.15, 0.2) is 0 Å². The summed E-state index contributed by atoms with van der Waals surface area (Å²) >= 11 is 11.9. The summed E-state index contributed by atoms with van der Waals surface area (Å²) in [5, 5.41) is 2.56. The van der Waals surface area contributed by atoms with Gasteiger partial charge in [-0.25, -0.2) is 0 Å². The first-order valence-electron chi connectivity index (χ1n) is 6.25. The highest BCUT2D eigenvalue weighted by Crippen LogP contribution is 2.25. The second kappa shape index (κ2) is 5.39. The van der Waals surface area contributed by atoms with Crippen molar-refractivity contribution in [3.63, 3.8) is 0 Å². The molecule has 0 fully saturated rings. The number of nitrogens with zero attached hydrogens (tertiary/aromatic N) is 1. The van der Waals surface area contributed by atoms with Crippen molar-refractivity contribution in [3.8, 4) is 5.75 Å². The molecule has 2 nitrogen and oxygen atoms in total. The summed E-state index contributed by atoms with van der Waals surface area (Å²) in [4.78, 5) is 0. The van der Waals surface area contributed by atoms with Gasteiger partial charge in [0, 0.05) is 39.8 Å². The number of hydrogen-bond donors (Lipinski definition) is 0. The molecular formula is C16H13Cl2NO. The van der Waals surface area contributed by atoms with Crippen LogP contribution in [0.3, 0.4) is 0 Å². The summed E-state index contributed by atoms with van der Waals surface area (Å²) in [7, 11) is 2.02. The second-order valence-electron chi connectivity index (χ2n) is 4.67. The van der Waals surface area contributed by atoms with Gasteiger partial charge in [0.25, 0.3) is 0 Å². The molecule has 3 aromatic rings. The van der Waals surface area contributed by atoms with Gasteiger partial charge in [0.1, 0.15) is 12.4 Å². The summed E-state index contributed by atoms with van der Waals surface area (Å²) in [6, 6.07) is 13.2. The largest absolute Gasteiger partial charge is 0.489 e. The molecule has 2 aromatic carbocycles. The average Bonchev–Trinajstić information content (AvgIpc) is 2.74. The monoisotopic (exact) mass is 305 g/mol. The zero-order chi connectivity index (χ0) is 14.1. The van der Waals surface area contributed by atoms with E-state index in [0.717, 1.165) is 27.2 Å². The van der Waals surface area contributed by atoms with Gasteiger partial charge < -0.3 is 9.30 Å². The number of aryl methyl sites for hydroxylation is 1. The maximum atomic E-state index is 6.07. The molecule has 0 spiro atoms. The lowest BCUT2D eigenvalue weighted by Gasteiger charge is -2.05. The van der Waals surface area contributed by atoms with Crippen LogP contribution in [0.2, 0.25) is 10.0 Å². The van der Waals surface area contributed by atoms with Crippen molar-refractivity contribution in [1.29, 1.82) is 0 Å². The van der Waals surface area contributed by atoms with Crippen LogP contribution >= 0.6 is 23.2 Å². The molecule has 102 valence electrons. The lowest BCUT2D eigenvalue weighted by atomic mass is 10.2. The van der Waals surface area contributed by atoms with Crippen molar-refractivity contribution in [2.24, 2.45) is 7.05 Å². The second-order valence-corrected chi connectivity index (χ2v) is 5.54. The lowest BCUT2D eigenvalue weighted by molar-refractivity contribution is 0.307. The summed E-state index contributed by atoms with van der Waals surface area (Å²) < 4.78 is 7.87. The first kappa shape index (κ1) is 13.3. The number of fused-ring (bicyclic) bond motifs is 1. The molecule has 3 rings (SSSR count). The third-order valence-corrected chi connectivity index (χ3v) is 3.73. The fourth-order valence-electron chi connectivity index (χ4n) is 2.25. The molecule has 0 atom stereocenters. The number of rotatable bonds is 3. The Morgan fingerprint density at radius 1 is 1.00 bits per heavy atom. The smallest absolute Gasteiger partial charge is 0.119 e. The Kier molecular flexibility index (Phi) is 3.60. The molecule has 1 heterocycles. The fraction of sp³-hybridized carbons (Fsp3) is 0.125. The minimum Gasteiger partial charge on any atom is -0.489 e. The van der Waals surface area contributed by atoms with Crippen LogP contribution in [-0.4, -0.2) is 4.57 Å². The minimum absolute atomic E-state index is 0.499. The molecular weight excluding hydrogens is 293 g/mol. The van der Waals surface area contributed by atoms with Gasteiger partial charge in [-0.2, -0.15) is 0 Å². The molecule has 0 aliphatic carbocycles. The maximum absolute atomic E-state index is 6.07. The van der Waals surface area contributed by atoms with Gasteiger partial charge in [-0.1, -0.05) is 23.2 Å². The maximum Gasteiger partial charge on any atom is 0.119 e. The van der Waals surface area contributed by atoms with E-state index in [1.165, 1.54) is 0 Å². The van der Waals surface area contributed by atoms with Gasteiger partial charge in [-0.05, 0) is 42.5 Å². The molecule has 4 heteroatoms. The highest BCUT2D eigenvalue weighted by molar-refractivity contribution is 6.31. The predicted octanol–water partition coefficient (Wildman–Crippen LogP) is 5.06. The van der Waals surface area contributed by atoms with E-state index >= 15 is 0 Å². The zero-order valence-corrected chi connectivity index (χ0v) is 12.4. The van der Waals surface area contributed by atoms with E-state index in [4.69, 9.17) is 27.9 Å². The number of aromatic nitrogens is 1. The Morgan fingerprint density at radius 3 is 2.45 bits per heavy atom. The quantitative estimate of drug-likeness (QED) is 0.659. The number of benzene rings is 2. The normalized spacial score (nSPS) is 10.9. The van der Waals surface area contributed by atoms with E-state index in [2.05, 4.69) is 10.8 Å². The van der Waals surface area contributed by atoms with E-state index in [-0.39, 0.29) is 0 Å². The molecule has 0 unspecified atom stereocenters. The first-order valence-corrected chi connectivity index (χ1v) is 7.01. The van der Waals surface area contributed by atoms with Crippen molar-refractivity contribution in [1.82, 2.24) is 4.57 Å². The summed E-state index contributed by atoms with van der Waals surface area (Å²) in [6.07, 6.45) is 2.07. The van der Waals surface area contributed by atoms with Gasteiger partial charge in [-0.15, -0.1) is 0 Å². The van der Waals surface area contributed by atoms with Crippen LogP contribution in [-0.2, 0) is 13.7 Å². The first-order chi connectivity index (χ1) is 9.63. The molecule has 0 bridgehead atoms. The van der Waals surface area contributed by atoms with Gasteiger partial charge in [0.05, 0.1) is 0 Å². The summed E-state index contributed by atoms with van der Waals surface area (Å²) in [5.41, 5.74) is 2.25. The van der Waals surface area contributed by atoms with Crippen LogP contribution in [0.4, 0.5) is 0 Å². The standard InChI is InChI=1S/C16H13Cl2NO/c1-19-9-11(15-8-13(18)4-7-16(15)19)10-20-14-5-2-12(17)3-6-14/h2-9H,10H2,1H3. The third kappa shape index (κ3) is 2.62. The van der Waals surface area contributed by atoms with Crippen molar-refractivity contribution < 1.29 is 4.74 Å². The van der Waals surface area contributed by atoms with Crippen LogP contribution in [0.15, 0.2) is 48.7 Å². The Hall–Kier alpha value is -1.64. The SMILES string of the molecule is Cn1cc(COc2ccc(Cl)cc2)c2cc(Cl)ccc21. The molecule has 0 N–H and O–H groups in total. The molecule has 0 aliphatic heterocycles. The van der Waals surface area contributed by atoms with Crippen LogP contribution in [0, 0.1) is 0 Å². The Balaban J connectivity index is 1.87.